The number of anilines is 1. The first kappa shape index (κ1) is 24.4. The Hall–Kier alpha value is -2.70. The predicted molar refractivity (Wildman–Crippen MR) is 138 cm³/mol. The van der Waals surface area contributed by atoms with Crippen LogP contribution >= 0.6 is 46.4 Å². The molecule has 9 heteroatoms. The van der Waals surface area contributed by atoms with Gasteiger partial charge in [0.05, 0.1) is 11.6 Å². The summed E-state index contributed by atoms with van der Waals surface area (Å²) in [5.74, 6) is 0.616. The number of carbonyl (C=O) groups excluding carboxylic acids is 1. The van der Waals surface area contributed by atoms with Crippen LogP contribution in [0.15, 0.2) is 66.7 Å². The molecule has 1 heterocycles. The molecule has 0 saturated carbocycles. The molecular formula is C25H19Cl4N3O2. The Balaban J connectivity index is 1.44. The fraction of sp³-hybridized carbons (Fsp3) is 0.120. The van der Waals surface area contributed by atoms with Crippen molar-refractivity contribution in [2.24, 2.45) is 0 Å². The monoisotopic (exact) mass is 533 g/mol. The second-order valence-corrected chi connectivity index (χ2v) is 9.12. The third-order valence-corrected chi connectivity index (χ3v) is 6.60. The number of carbonyl (C=O) groups is 1. The average Bonchev–Trinajstić information content (AvgIpc) is 3.16. The molecule has 3 aromatic carbocycles. The van der Waals surface area contributed by atoms with Crippen LogP contribution in [0, 0.1) is 6.92 Å². The summed E-state index contributed by atoms with van der Waals surface area (Å²) in [6.07, 6.45) is 0. The van der Waals surface area contributed by atoms with Crippen LogP contribution in [-0.2, 0) is 13.2 Å². The minimum Gasteiger partial charge on any atom is -0.487 e. The number of amides is 1. The second-order valence-electron chi connectivity index (χ2n) is 7.52. The van der Waals surface area contributed by atoms with E-state index in [4.69, 9.17) is 51.1 Å². The summed E-state index contributed by atoms with van der Waals surface area (Å²) in [6.45, 7) is 2.51. The lowest BCUT2D eigenvalue weighted by Crippen LogP contribution is -2.13. The molecule has 0 bridgehead atoms. The van der Waals surface area contributed by atoms with Crippen molar-refractivity contribution >= 4 is 58.1 Å². The van der Waals surface area contributed by atoms with Gasteiger partial charge in [0.1, 0.15) is 17.4 Å². The largest absolute Gasteiger partial charge is 0.487 e. The number of hydrogen-bond acceptors (Lipinski definition) is 3. The summed E-state index contributed by atoms with van der Waals surface area (Å²) in [5, 5.41) is 9.21. The van der Waals surface area contributed by atoms with Crippen molar-refractivity contribution in [3.05, 3.63) is 109 Å². The molecule has 174 valence electrons. The Morgan fingerprint density at radius 1 is 0.941 bits per heavy atom. The van der Waals surface area contributed by atoms with E-state index in [2.05, 4.69) is 10.4 Å². The van der Waals surface area contributed by atoms with E-state index in [1.54, 1.807) is 65.3 Å². The van der Waals surface area contributed by atoms with Crippen LogP contribution in [0.4, 0.5) is 5.82 Å². The van der Waals surface area contributed by atoms with Gasteiger partial charge in [-0.25, -0.2) is 0 Å². The topological polar surface area (TPSA) is 56.1 Å². The van der Waals surface area contributed by atoms with Crippen LogP contribution in [0.3, 0.4) is 0 Å². The number of nitrogens with zero attached hydrogens (tertiary/aromatic N) is 2. The Bertz CT molecular complexity index is 1330. The van der Waals surface area contributed by atoms with E-state index in [1.165, 1.54) is 0 Å². The smallest absolute Gasteiger partial charge is 0.256 e. The number of rotatable bonds is 7. The maximum Gasteiger partial charge on any atom is 0.256 e. The van der Waals surface area contributed by atoms with Gasteiger partial charge in [0, 0.05) is 32.9 Å². The molecule has 0 atom stereocenters. The lowest BCUT2D eigenvalue weighted by atomic mass is 10.1. The summed E-state index contributed by atoms with van der Waals surface area (Å²) in [7, 11) is 0. The fourth-order valence-electron chi connectivity index (χ4n) is 3.31. The highest BCUT2D eigenvalue weighted by molar-refractivity contribution is 6.42. The van der Waals surface area contributed by atoms with Crippen LogP contribution < -0.4 is 10.1 Å². The van der Waals surface area contributed by atoms with Gasteiger partial charge in [-0.3, -0.25) is 9.48 Å². The highest BCUT2D eigenvalue weighted by Crippen LogP contribution is 2.32. The molecule has 4 aromatic rings. The van der Waals surface area contributed by atoms with Crippen molar-refractivity contribution in [3.63, 3.8) is 0 Å². The van der Waals surface area contributed by atoms with Crippen LogP contribution in [-0.4, -0.2) is 15.7 Å². The minimum atomic E-state index is -0.289. The van der Waals surface area contributed by atoms with Gasteiger partial charge in [-0.2, -0.15) is 5.10 Å². The zero-order valence-electron chi connectivity index (χ0n) is 18.0. The molecule has 0 radical (unpaired) electrons. The van der Waals surface area contributed by atoms with E-state index in [9.17, 15) is 4.79 Å². The maximum absolute atomic E-state index is 12.8. The number of benzene rings is 3. The molecule has 1 amide bonds. The molecule has 0 aliphatic heterocycles. The van der Waals surface area contributed by atoms with Crippen molar-refractivity contribution in [2.75, 3.05) is 5.32 Å². The lowest BCUT2D eigenvalue weighted by Gasteiger charge is -2.10. The molecule has 0 aliphatic rings. The molecule has 1 N–H and O–H groups in total. The van der Waals surface area contributed by atoms with Gasteiger partial charge in [-0.15, -0.1) is 0 Å². The summed E-state index contributed by atoms with van der Waals surface area (Å²) in [4.78, 5) is 12.8. The van der Waals surface area contributed by atoms with Crippen LogP contribution in [0.1, 0.15) is 27.2 Å². The van der Waals surface area contributed by atoms with Crippen molar-refractivity contribution in [2.45, 2.75) is 20.1 Å². The van der Waals surface area contributed by atoms with Gasteiger partial charge in [0.25, 0.3) is 5.91 Å². The summed E-state index contributed by atoms with van der Waals surface area (Å²) in [6, 6.07) is 19.4. The van der Waals surface area contributed by atoms with Crippen molar-refractivity contribution in [1.82, 2.24) is 9.78 Å². The number of halogens is 4. The predicted octanol–water partition coefficient (Wildman–Crippen LogP) is 7.68. The molecular weight excluding hydrogens is 516 g/mol. The van der Waals surface area contributed by atoms with Crippen molar-refractivity contribution in [1.29, 1.82) is 0 Å². The first-order valence-corrected chi connectivity index (χ1v) is 11.8. The molecule has 5 nitrogen and oxygen atoms in total. The van der Waals surface area contributed by atoms with Crippen LogP contribution in [0.5, 0.6) is 5.75 Å². The highest BCUT2D eigenvalue weighted by Gasteiger charge is 2.14. The fourth-order valence-corrected chi connectivity index (χ4v) is 4.18. The van der Waals surface area contributed by atoms with E-state index in [1.807, 2.05) is 13.0 Å². The number of aryl methyl sites for hydroxylation is 1. The van der Waals surface area contributed by atoms with Gasteiger partial charge in [-0.1, -0.05) is 70.7 Å². The van der Waals surface area contributed by atoms with Gasteiger partial charge in [0.2, 0.25) is 0 Å². The molecule has 1 aromatic heterocycles. The molecule has 0 aliphatic carbocycles. The van der Waals surface area contributed by atoms with E-state index >= 15 is 0 Å². The number of ether oxygens (including phenoxy) is 1. The van der Waals surface area contributed by atoms with E-state index < -0.39 is 0 Å². The zero-order chi connectivity index (χ0) is 24.2. The number of nitrogens with one attached hydrogen (secondary N) is 1. The minimum absolute atomic E-state index is 0.230. The Labute approximate surface area is 217 Å². The summed E-state index contributed by atoms with van der Waals surface area (Å²) < 4.78 is 7.50. The van der Waals surface area contributed by atoms with Crippen molar-refractivity contribution < 1.29 is 9.53 Å². The van der Waals surface area contributed by atoms with E-state index in [0.29, 0.717) is 43.8 Å². The molecule has 34 heavy (non-hydrogen) atoms. The Morgan fingerprint density at radius 3 is 2.38 bits per heavy atom. The van der Waals surface area contributed by atoms with Crippen LogP contribution in [0.2, 0.25) is 20.1 Å². The quantitative estimate of drug-likeness (QED) is 0.264. The highest BCUT2D eigenvalue weighted by atomic mass is 35.5. The molecule has 0 saturated heterocycles. The lowest BCUT2D eigenvalue weighted by molar-refractivity contribution is 0.102. The first-order chi connectivity index (χ1) is 16.3. The Kier molecular flexibility index (Phi) is 7.69. The summed E-state index contributed by atoms with van der Waals surface area (Å²) in [5.41, 5.74) is 2.90. The van der Waals surface area contributed by atoms with Gasteiger partial charge in [0.15, 0.2) is 5.82 Å². The number of aromatic nitrogens is 2. The SMILES string of the molecule is Cc1cc(NC(=O)c2cccc(COc3cccc(Cl)c3Cl)c2)nn1Cc1c(Cl)cccc1Cl. The third-order valence-electron chi connectivity index (χ3n) is 5.09. The summed E-state index contributed by atoms with van der Waals surface area (Å²) >= 11 is 24.8. The molecule has 0 fully saturated rings. The third kappa shape index (κ3) is 5.68. The van der Waals surface area contributed by atoms with E-state index in [-0.39, 0.29) is 12.5 Å². The maximum atomic E-state index is 12.8. The normalized spacial score (nSPS) is 10.9. The number of hydrogen-bond donors (Lipinski definition) is 1. The zero-order valence-corrected chi connectivity index (χ0v) is 21.0. The standard InChI is InChI=1S/C25H19Cl4N3O2/c1-15-11-23(31-32(15)13-18-19(26)7-3-8-20(18)27)30-25(33)17-6-2-5-16(12-17)14-34-22-10-4-9-21(28)24(22)29/h2-12H,13-14H2,1H3,(H,30,31,33). The van der Waals surface area contributed by atoms with Gasteiger partial charge < -0.3 is 10.1 Å². The second kappa shape index (κ2) is 10.7. The Morgan fingerprint density at radius 2 is 1.62 bits per heavy atom. The molecule has 4 rings (SSSR count). The van der Waals surface area contributed by atoms with E-state index in [0.717, 1.165) is 16.8 Å². The first-order valence-electron chi connectivity index (χ1n) is 10.3. The average molecular weight is 535 g/mol. The van der Waals surface area contributed by atoms with Gasteiger partial charge in [-0.05, 0) is 48.9 Å². The van der Waals surface area contributed by atoms with Gasteiger partial charge >= 0.3 is 0 Å². The van der Waals surface area contributed by atoms with Crippen molar-refractivity contribution in [3.8, 4) is 5.75 Å². The van der Waals surface area contributed by atoms with Crippen LogP contribution in [0.25, 0.3) is 0 Å². The molecule has 0 unspecified atom stereocenters. The molecule has 0 spiro atoms.